The van der Waals surface area contributed by atoms with Crippen LogP contribution in [0, 0.1) is 18.3 Å². The summed E-state index contributed by atoms with van der Waals surface area (Å²) in [5, 5.41) is 8.84. The van der Waals surface area contributed by atoms with Gasteiger partial charge in [-0.25, -0.2) is 8.42 Å². The molecule has 0 radical (unpaired) electrons. The Hall–Kier alpha value is -2.52. The zero-order valence-corrected chi connectivity index (χ0v) is 12.4. The van der Waals surface area contributed by atoms with Crippen LogP contribution in [0.15, 0.2) is 47.4 Å². The third-order valence-electron chi connectivity index (χ3n) is 2.95. The fraction of sp³-hybridized carbons (Fsp3) is 0.133. The molecule has 6 heteroatoms. The van der Waals surface area contributed by atoms with E-state index in [0.29, 0.717) is 17.0 Å². The van der Waals surface area contributed by atoms with Gasteiger partial charge in [-0.1, -0.05) is 6.07 Å². The summed E-state index contributed by atoms with van der Waals surface area (Å²) in [6, 6.07) is 12.8. The molecule has 2 aromatic rings. The Morgan fingerprint density at radius 2 is 1.95 bits per heavy atom. The van der Waals surface area contributed by atoms with Gasteiger partial charge in [0.25, 0.3) is 10.0 Å². The van der Waals surface area contributed by atoms with Crippen molar-refractivity contribution >= 4 is 15.7 Å². The van der Waals surface area contributed by atoms with Crippen LogP contribution in [0.1, 0.15) is 11.1 Å². The van der Waals surface area contributed by atoms with E-state index in [9.17, 15) is 8.42 Å². The topological polar surface area (TPSA) is 79.2 Å². The second-order valence-electron chi connectivity index (χ2n) is 4.43. The lowest BCUT2D eigenvalue weighted by Gasteiger charge is -2.11. The number of rotatable bonds is 4. The predicted molar refractivity (Wildman–Crippen MR) is 79.7 cm³/mol. The van der Waals surface area contributed by atoms with Crippen molar-refractivity contribution in [3.8, 4) is 11.8 Å². The van der Waals surface area contributed by atoms with Crippen molar-refractivity contribution in [2.75, 3.05) is 11.8 Å². The van der Waals surface area contributed by atoms with E-state index < -0.39 is 10.0 Å². The van der Waals surface area contributed by atoms with Gasteiger partial charge in [0, 0.05) is 0 Å². The van der Waals surface area contributed by atoms with Crippen molar-refractivity contribution in [2.45, 2.75) is 11.8 Å². The normalized spacial score (nSPS) is 10.7. The molecular weight excluding hydrogens is 288 g/mol. The molecule has 0 aromatic heterocycles. The van der Waals surface area contributed by atoms with Crippen molar-refractivity contribution in [2.24, 2.45) is 0 Å². The highest BCUT2D eigenvalue weighted by molar-refractivity contribution is 7.92. The van der Waals surface area contributed by atoms with Gasteiger partial charge in [-0.05, 0) is 48.9 Å². The average molecular weight is 302 g/mol. The molecule has 5 nitrogen and oxygen atoms in total. The largest absolute Gasteiger partial charge is 0.497 e. The van der Waals surface area contributed by atoms with E-state index in [1.54, 1.807) is 38.3 Å². The van der Waals surface area contributed by atoms with Crippen LogP contribution in [0.4, 0.5) is 5.69 Å². The summed E-state index contributed by atoms with van der Waals surface area (Å²) in [5.74, 6) is 0.655. The van der Waals surface area contributed by atoms with Gasteiger partial charge in [0.15, 0.2) is 0 Å². The fourth-order valence-corrected chi connectivity index (χ4v) is 2.99. The average Bonchev–Trinajstić information content (AvgIpc) is 2.49. The molecule has 2 aromatic carbocycles. The van der Waals surface area contributed by atoms with Crippen molar-refractivity contribution in [3.63, 3.8) is 0 Å². The highest BCUT2D eigenvalue weighted by atomic mass is 32.2. The number of anilines is 1. The first-order valence-electron chi connectivity index (χ1n) is 6.14. The minimum Gasteiger partial charge on any atom is -0.497 e. The van der Waals surface area contributed by atoms with Crippen molar-refractivity contribution in [1.82, 2.24) is 0 Å². The lowest BCUT2D eigenvalue weighted by molar-refractivity contribution is 0.414. The van der Waals surface area contributed by atoms with Crippen LogP contribution >= 0.6 is 0 Å². The van der Waals surface area contributed by atoms with Gasteiger partial charge >= 0.3 is 0 Å². The van der Waals surface area contributed by atoms with E-state index in [1.165, 1.54) is 18.2 Å². The van der Waals surface area contributed by atoms with Crippen LogP contribution in [0.2, 0.25) is 0 Å². The van der Waals surface area contributed by atoms with Crippen LogP contribution in [0.25, 0.3) is 0 Å². The minimum absolute atomic E-state index is 0.0526. The summed E-state index contributed by atoms with van der Waals surface area (Å²) < 4.78 is 32.2. The summed E-state index contributed by atoms with van der Waals surface area (Å²) in [5.41, 5.74) is 1.51. The zero-order valence-electron chi connectivity index (χ0n) is 11.6. The first-order chi connectivity index (χ1) is 9.96. The number of sulfonamides is 1. The van der Waals surface area contributed by atoms with Gasteiger partial charge < -0.3 is 4.74 Å². The van der Waals surface area contributed by atoms with Gasteiger partial charge in [0.1, 0.15) is 5.75 Å². The van der Waals surface area contributed by atoms with Gasteiger partial charge in [0.2, 0.25) is 0 Å². The standard InChI is InChI=1S/C15H14N2O3S/c1-11-8-13(20-2)6-7-15(11)17-21(18,19)14-5-3-4-12(9-14)10-16/h3-9,17H,1-2H3. The van der Waals surface area contributed by atoms with E-state index >= 15 is 0 Å². The van der Waals surface area contributed by atoms with Crippen LogP contribution < -0.4 is 9.46 Å². The summed E-state index contributed by atoms with van der Waals surface area (Å²) in [6.45, 7) is 1.78. The van der Waals surface area contributed by atoms with Crippen LogP contribution in [0.5, 0.6) is 5.75 Å². The maximum Gasteiger partial charge on any atom is 0.261 e. The molecule has 108 valence electrons. The van der Waals surface area contributed by atoms with Crippen molar-refractivity contribution in [1.29, 1.82) is 5.26 Å². The minimum atomic E-state index is -3.73. The number of benzene rings is 2. The Bertz CT molecular complexity index is 808. The van der Waals surface area contributed by atoms with Gasteiger partial charge in [-0.2, -0.15) is 5.26 Å². The number of ether oxygens (including phenoxy) is 1. The predicted octanol–water partition coefficient (Wildman–Crippen LogP) is 2.68. The zero-order chi connectivity index (χ0) is 15.5. The number of nitriles is 1. The van der Waals surface area contributed by atoms with Gasteiger partial charge in [-0.15, -0.1) is 0 Å². The summed E-state index contributed by atoms with van der Waals surface area (Å²) in [4.78, 5) is 0.0526. The fourth-order valence-electron chi connectivity index (χ4n) is 1.81. The molecule has 0 fully saturated rings. The monoisotopic (exact) mass is 302 g/mol. The SMILES string of the molecule is COc1ccc(NS(=O)(=O)c2cccc(C#N)c2)c(C)c1. The Kier molecular flexibility index (Phi) is 4.15. The molecule has 2 rings (SSSR count). The second kappa shape index (κ2) is 5.85. The Morgan fingerprint density at radius 3 is 2.57 bits per heavy atom. The lowest BCUT2D eigenvalue weighted by atomic mass is 10.2. The molecule has 0 aliphatic carbocycles. The molecule has 0 atom stereocenters. The highest BCUT2D eigenvalue weighted by Crippen LogP contribution is 2.24. The van der Waals surface area contributed by atoms with Crippen LogP contribution in [-0.4, -0.2) is 15.5 Å². The Morgan fingerprint density at radius 1 is 1.19 bits per heavy atom. The third kappa shape index (κ3) is 3.33. The van der Waals surface area contributed by atoms with Crippen LogP contribution in [-0.2, 0) is 10.0 Å². The van der Waals surface area contributed by atoms with E-state index in [4.69, 9.17) is 10.00 Å². The summed E-state index contributed by atoms with van der Waals surface area (Å²) >= 11 is 0. The Labute approximate surface area is 123 Å². The van der Waals surface area contributed by atoms with Gasteiger partial charge in [-0.3, -0.25) is 4.72 Å². The van der Waals surface area contributed by atoms with Gasteiger partial charge in [0.05, 0.1) is 29.3 Å². The second-order valence-corrected chi connectivity index (χ2v) is 6.11. The molecular formula is C15H14N2O3S. The van der Waals surface area contributed by atoms with Crippen molar-refractivity contribution < 1.29 is 13.2 Å². The lowest BCUT2D eigenvalue weighted by Crippen LogP contribution is -2.13. The van der Waals surface area contributed by atoms with E-state index in [0.717, 1.165) is 5.56 Å². The number of hydrogen-bond donors (Lipinski definition) is 1. The third-order valence-corrected chi connectivity index (χ3v) is 4.31. The molecule has 0 unspecified atom stereocenters. The number of nitrogens with one attached hydrogen (secondary N) is 1. The summed E-state index contributed by atoms with van der Waals surface area (Å²) in [6.07, 6.45) is 0. The molecule has 0 amide bonds. The quantitative estimate of drug-likeness (QED) is 0.941. The van der Waals surface area contributed by atoms with E-state index in [2.05, 4.69) is 4.72 Å². The molecule has 0 spiro atoms. The summed E-state index contributed by atoms with van der Waals surface area (Å²) in [7, 11) is -2.18. The molecule has 0 saturated carbocycles. The Balaban J connectivity index is 2.35. The van der Waals surface area contributed by atoms with Crippen molar-refractivity contribution in [3.05, 3.63) is 53.6 Å². The highest BCUT2D eigenvalue weighted by Gasteiger charge is 2.15. The molecule has 0 aliphatic rings. The molecule has 0 aliphatic heterocycles. The number of hydrogen-bond acceptors (Lipinski definition) is 4. The van der Waals surface area contributed by atoms with E-state index in [1.807, 2.05) is 6.07 Å². The number of nitrogens with zero attached hydrogens (tertiary/aromatic N) is 1. The first-order valence-corrected chi connectivity index (χ1v) is 7.62. The molecule has 0 saturated heterocycles. The molecule has 21 heavy (non-hydrogen) atoms. The molecule has 0 heterocycles. The smallest absolute Gasteiger partial charge is 0.261 e. The number of aryl methyl sites for hydroxylation is 1. The van der Waals surface area contributed by atoms with E-state index in [-0.39, 0.29) is 4.90 Å². The number of methoxy groups -OCH3 is 1. The first kappa shape index (κ1) is 14.9. The maximum atomic E-state index is 12.3. The molecule has 1 N–H and O–H groups in total. The maximum absolute atomic E-state index is 12.3. The van der Waals surface area contributed by atoms with Crippen LogP contribution in [0.3, 0.4) is 0 Å². The molecule has 0 bridgehead atoms.